The van der Waals surface area contributed by atoms with E-state index in [1.165, 1.54) is 41.7 Å². The van der Waals surface area contributed by atoms with Gasteiger partial charge in [0.2, 0.25) is 5.78 Å². The molecule has 0 aliphatic heterocycles. The van der Waals surface area contributed by atoms with Gasteiger partial charge in [-0.25, -0.2) is 9.37 Å². The van der Waals surface area contributed by atoms with Gasteiger partial charge < -0.3 is 5.11 Å². The molecule has 0 aliphatic rings. The van der Waals surface area contributed by atoms with Crippen LogP contribution < -0.4 is 0 Å². The topological polar surface area (TPSA) is 50.2 Å². The van der Waals surface area contributed by atoms with Crippen molar-refractivity contribution in [3.63, 3.8) is 0 Å². The molecule has 3 nitrogen and oxygen atoms in total. The number of rotatable bonds is 2. The molecule has 0 unspecified atom stereocenters. The molecule has 1 aromatic heterocycles. The third-order valence-corrected chi connectivity index (χ3v) is 3.69. The molecule has 94 valence electrons. The monoisotopic (exact) mass is 273 g/mol. The molecular weight excluding hydrogens is 265 g/mol. The lowest BCUT2D eigenvalue weighted by Gasteiger charge is -1.96. The molecule has 0 atom stereocenters. The number of nitrogens with zero attached hydrogens (tertiary/aromatic N) is 1. The summed E-state index contributed by atoms with van der Waals surface area (Å²) >= 11 is 1.20. The van der Waals surface area contributed by atoms with Crippen molar-refractivity contribution in [1.29, 1.82) is 0 Å². The Bertz CT molecular complexity index is 765. The number of ketones is 1. The number of hydrogen-bond donors (Lipinski definition) is 1. The highest BCUT2D eigenvalue weighted by molar-refractivity contribution is 7.20. The van der Waals surface area contributed by atoms with Crippen LogP contribution in [-0.4, -0.2) is 15.9 Å². The molecule has 0 spiro atoms. The van der Waals surface area contributed by atoms with Crippen LogP contribution in [0.15, 0.2) is 42.5 Å². The van der Waals surface area contributed by atoms with Gasteiger partial charge in [-0.15, -0.1) is 11.3 Å². The Labute approximate surface area is 112 Å². The highest BCUT2D eigenvalue weighted by atomic mass is 32.1. The Balaban J connectivity index is 2.04. The highest BCUT2D eigenvalue weighted by Gasteiger charge is 2.14. The maximum absolute atomic E-state index is 12.8. The number of aromatic nitrogens is 1. The van der Waals surface area contributed by atoms with Gasteiger partial charge in [0.15, 0.2) is 5.01 Å². The van der Waals surface area contributed by atoms with Crippen LogP contribution in [0.1, 0.15) is 15.4 Å². The number of phenolic OH excluding ortho intramolecular Hbond substituents is 1. The van der Waals surface area contributed by atoms with E-state index in [4.69, 9.17) is 0 Å². The first-order valence-corrected chi connectivity index (χ1v) is 6.35. The largest absolute Gasteiger partial charge is 0.508 e. The summed E-state index contributed by atoms with van der Waals surface area (Å²) in [5.41, 5.74) is 1.05. The van der Waals surface area contributed by atoms with Crippen molar-refractivity contribution in [2.75, 3.05) is 0 Å². The van der Waals surface area contributed by atoms with Crippen molar-refractivity contribution in [3.8, 4) is 5.75 Å². The average molecular weight is 273 g/mol. The number of benzene rings is 2. The summed E-state index contributed by atoms with van der Waals surface area (Å²) in [6.45, 7) is 0. The van der Waals surface area contributed by atoms with Crippen molar-refractivity contribution >= 4 is 27.3 Å². The van der Waals surface area contributed by atoms with Crippen molar-refractivity contribution in [3.05, 3.63) is 58.9 Å². The van der Waals surface area contributed by atoms with Crippen molar-refractivity contribution in [2.45, 2.75) is 0 Å². The number of thiazole rings is 1. The number of hydrogen-bond acceptors (Lipinski definition) is 4. The Morgan fingerprint density at radius 1 is 1.16 bits per heavy atom. The summed E-state index contributed by atoms with van der Waals surface area (Å²) < 4.78 is 13.6. The Morgan fingerprint density at radius 2 is 1.89 bits per heavy atom. The second-order valence-electron chi connectivity index (χ2n) is 4.01. The molecule has 1 N–H and O–H groups in total. The molecule has 1 heterocycles. The molecule has 0 aliphatic carbocycles. The molecule has 3 rings (SSSR count). The summed E-state index contributed by atoms with van der Waals surface area (Å²) in [4.78, 5) is 16.4. The minimum Gasteiger partial charge on any atom is -0.508 e. The van der Waals surface area contributed by atoms with E-state index in [1.54, 1.807) is 12.1 Å². The van der Waals surface area contributed by atoms with Gasteiger partial charge in [-0.2, -0.15) is 0 Å². The normalized spacial score (nSPS) is 10.8. The van der Waals surface area contributed by atoms with Crippen LogP contribution in [0.5, 0.6) is 5.75 Å². The van der Waals surface area contributed by atoms with E-state index >= 15 is 0 Å². The smallest absolute Gasteiger partial charge is 0.221 e. The average Bonchev–Trinajstić information content (AvgIpc) is 2.81. The standard InChI is InChI=1S/C14H8FNO2S/c15-9-3-1-8(2-4-9)13(18)14-16-11-6-5-10(17)7-12(11)19-14/h1-7,17H. The fourth-order valence-corrected chi connectivity index (χ4v) is 2.70. The lowest BCUT2D eigenvalue weighted by molar-refractivity contribution is 0.103. The van der Waals surface area contributed by atoms with Gasteiger partial charge >= 0.3 is 0 Å². The van der Waals surface area contributed by atoms with E-state index < -0.39 is 0 Å². The molecule has 0 bridgehead atoms. The summed E-state index contributed by atoms with van der Waals surface area (Å²) in [6.07, 6.45) is 0. The van der Waals surface area contributed by atoms with Gasteiger partial charge in [-0.1, -0.05) is 0 Å². The SMILES string of the molecule is O=C(c1ccc(F)cc1)c1nc2ccc(O)cc2s1. The van der Waals surface area contributed by atoms with Gasteiger partial charge in [0.05, 0.1) is 10.2 Å². The van der Waals surface area contributed by atoms with Crippen molar-refractivity contribution < 1.29 is 14.3 Å². The predicted molar refractivity (Wildman–Crippen MR) is 71.1 cm³/mol. The molecular formula is C14H8FNO2S. The highest BCUT2D eigenvalue weighted by Crippen LogP contribution is 2.27. The molecule has 19 heavy (non-hydrogen) atoms. The lowest BCUT2D eigenvalue weighted by atomic mass is 10.1. The number of halogens is 1. The maximum atomic E-state index is 12.8. The first kappa shape index (κ1) is 11.8. The summed E-state index contributed by atoms with van der Waals surface area (Å²) in [5, 5.41) is 9.70. The third kappa shape index (κ3) is 2.20. The molecule has 0 saturated carbocycles. The Kier molecular flexibility index (Phi) is 2.76. The van der Waals surface area contributed by atoms with Crippen LogP contribution in [-0.2, 0) is 0 Å². The number of carbonyl (C=O) groups excluding carboxylic acids is 1. The quantitative estimate of drug-likeness (QED) is 0.728. The van der Waals surface area contributed by atoms with Crippen LogP contribution in [0.4, 0.5) is 4.39 Å². The van der Waals surface area contributed by atoms with Gasteiger partial charge in [-0.05, 0) is 42.5 Å². The second-order valence-corrected chi connectivity index (χ2v) is 5.04. The first-order valence-electron chi connectivity index (χ1n) is 5.53. The van der Waals surface area contributed by atoms with Gasteiger partial charge in [0, 0.05) is 5.56 Å². The van der Waals surface area contributed by atoms with Gasteiger partial charge in [-0.3, -0.25) is 4.79 Å². The summed E-state index contributed by atoms with van der Waals surface area (Å²) in [7, 11) is 0. The lowest BCUT2D eigenvalue weighted by Crippen LogP contribution is -2.00. The molecule has 3 aromatic rings. The Hall–Kier alpha value is -2.27. The van der Waals surface area contributed by atoms with E-state index in [1.807, 2.05) is 0 Å². The fraction of sp³-hybridized carbons (Fsp3) is 0. The molecule has 0 saturated heterocycles. The van der Waals surface area contributed by atoms with Crippen LogP contribution in [0, 0.1) is 5.82 Å². The fourth-order valence-electron chi connectivity index (χ4n) is 1.74. The first-order chi connectivity index (χ1) is 9.13. The van der Waals surface area contributed by atoms with Gasteiger partial charge in [0.1, 0.15) is 11.6 Å². The van der Waals surface area contributed by atoms with Crippen molar-refractivity contribution in [1.82, 2.24) is 4.98 Å². The van der Waals surface area contributed by atoms with Crippen LogP contribution in [0.25, 0.3) is 10.2 Å². The third-order valence-electron chi connectivity index (χ3n) is 2.67. The number of aromatic hydroxyl groups is 1. The zero-order valence-corrected chi connectivity index (χ0v) is 10.4. The molecule has 0 fully saturated rings. The van der Waals surface area contributed by atoms with E-state index in [9.17, 15) is 14.3 Å². The number of carbonyl (C=O) groups is 1. The van der Waals surface area contributed by atoms with E-state index in [0.29, 0.717) is 16.1 Å². The Morgan fingerprint density at radius 3 is 2.63 bits per heavy atom. The van der Waals surface area contributed by atoms with Crippen LogP contribution in [0.3, 0.4) is 0 Å². The van der Waals surface area contributed by atoms with Crippen molar-refractivity contribution in [2.24, 2.45) is 0 Å². The summed E-state index contributed by atoms with van der Waals surface area (Å²) in [5.74, 6) is -0.497. The predicted octanol–water partition coefficient (Wildman–Crippen LogP) is 3.37. The van der Waals surface area contributed by atoms with Gasteiger partial charge in [0.25, 0.3) is 0 Å². The molecule has 0 amide bonds. The number of fused-ring (bicyclic) bond motifs is 1. The summed E-state index contributed by atoms with van der Waals surface area (Å²) in [6, 6.07) is 10.1. The molecule has 2 aromatic carbocycles. The van der Waals surface area contributed by atoms with E-state index in [-0.39, 0.29) is 17.3 Å². The van der Waals surface area contributed by atoms with Crippen LogP contribution >= 0.6 is 11.3 Å². The van der Waals surface area contributed by atoms with E-state index in [0.717, 1.165) is 4.70 Å². The minimum atomic E-state index is -0.384. The zero-order chi connectivity index (χ0) is 13.4. The molecule has 0 radical (unpaired) electrons. The van der Waals surface area contributed by atoms with Crippen LogP contribution in [0.2, 0.25) is 0 Å². The molecule has 5 heteroatoms. The second kappa shape index (κ2) is 4.44. The minimum absolute atomic E-state index is 0.136. The number of phenols is 1. The zero-order valence-electron chi connectivity index (χ0n) is 9.63. The van der Waals surface area contributed by atoms with E-state index in [2.05, 4.69) is 4.98 Å². The maximum Gasteiger partial charge on any atom is 0.221 e.